The monoisotopic (exact) mass is 305 g/mol. The molecule has 1 aromatic heterocycles. The first-order valence-electron chi connectivity index (χ1n) is 6.29. The number of hydrogen-bond donors (Lipinski definition) is 1. The number of halogens is 2. The molecule has 0 aliphatic carbocycles. The Morgan fingerprint density at radius 3 is 2.61 bits per heavy atom. The molecule has 1 saturated heterocycles. The summed E-state index contributed by atoms with van der Waals surface area (Å²) in [5.74, 6) is 0.227. The number of nitrogens with one attached hydrogen (secondary N) is 1. The highest BCUT2D eigenvalue weighted by atomic mass is 35.5. The Labute approximate surface area is 122 Å². The highest BCUT2D eigenvalue weighted by molar-refractivity contribution is 7.18. The van der Waals surface area contributed by atoms with E-state index in [4.69, 9.17) is 23.2 Å². The first kappa shape index (κ1) is 14.3. The summed E-state index contributed by atoms with van der Waals surface area (Å²) in [7, 11) is 0. The van der Waals surface area contributed by atoms with Crippen LogP contribution in [0.1, 0.15) is 42.3 Å². The van der Waals surface area contributed by atoms with Crippen LogP contribution in [-0.2, 0) is 0 Å². The van der Waals surface area contributed by atoms with Gasteiger partial charge in [0.25, 0.3) is 0 Å². The fraction of sp³-hybridized carbons (Fsp3) is 0.615. The van der Waals surface area contributed by atoms with Crippen LogP contribution in [0.4, 0.5) is 0 Å². The molecule has 0 atom stereocenters. The van der Waals surface area contributed by atoms with Gasteiger partial charge in [-0.15, -0.1) is 11.3 Å². The number of piperidine rings is 1. The summed E-state index contributed by atoms with van der Waals surface area (Å²) >= 11 is 13.2. The quantitative estimate of drug-likeness (QED) is 0.835. The molecule has 0 radical (unpaired) electrons. The maximum absolute atomic E-state index is 12.7. The fourth-order valence-corrected chi connectivity index (χ4v) is 4.12. The zero-order valence-electron chi connectivity index (χ0n) is 10.4. The van der Waals surface area contributed by atoms with Gasteiger partial charge in [-0.05, 0) is 38.4 Å². The molecule has 0 unspecified atom stereocenters. The molecule has 0 amide bonds. The highest BCUT2D eigenvalue weighted by Gasteiger charge is 2.39. The number of Topliss-reactive ketones (excluding diaryl/α,β-unsaturated/α-hetero) is 1. The van der Waals surface area contributed by atoms with Crippen LogP contribution in [0.2, 0.25) is 9.36 Å². The SMILES string of the molecule is CCCC1(C(=O)c2cc(Cl)c(Cl)s2)CCNCC1. The molecule has 18 heavy (non-hydrogen) atoms. The maximum atomic E-state index is 12.7. The molecule has 1 fully saturated rings. The van der Waals surface area contributed by atoms with Gasteiger partial charge in [-0.25, -0.2) is 0 Å². The molecule has 1 aliphatic heterocycles. The highest BCUT2D eigenvalue weighted by Crippen LogP contribution is 2.41. The van der Waals surface area contributed by atoms with E-state index in [0.717, 1.165) is 38.8 Å². The van der Waals surface area contributed by atoms with Crippen molar-refractivity contribution in [3.05, 3.63) is 20.3 Å². The standard InChI is InChI=1S/C13H17Cl2NOS/c1-2-3-13(4-6-16-7-5-13)11(17)10-8-9(14)12(15)18-10/h8,16H,2-7H2,1H3. The Kier molecular flexibility index (Phi) is 4.70. The zero-order chi connectivity index (χ0) is 13.2. The number of thiophene rings is 1. The van der Waals surface area contributed by atoms with Crippen LogP contribution >= 0.6 is 34.5 Å². The molecule has 0 spiro atoms. The van der Waals surface area contributed by atoms with E-state index in [9.17, 15) is 4.79 Å². The van der Waals surface area contributed by atoms with Gasteiger partial charge >= 0.3 is 0 Å². The molecule has 2 heterocycles. The average molecular weight is 306 g/mol. The van der Waals surface area contributed by atoms with Gasteiger partial charge in [0.05, 0.1) is 9.90 Å². The minimum atomic E-state index is -0.211. The van der Waals surface area contributed by atoms with Crippen molar-refractivity contribution in [2.24, 2.45) is 5.41 Å². The number of rotatable bonds is 4. The molecule has 2 nitrogen and oxygen atoms in total. The van der Waals surface area contributed by atoms with E-state index in [1.807, 2.05) is 0 Å². The van der Waals surface area contributed by atoms with Gasteiger partial charge in [0, 0.05) is 5.41 Å². The molecule has 2 rings (SSSR count). The van der Waals surface area contributed by atoms with Crippen LogP contribution in [0.25, 0.3) is 0 Å². The van der Waals surface area contributed by atoms with Crippen molar-refractivity contribution in [1.29, 1.82) is 0 Å². The number of hydrogen-bond acceptors (Lipinski definition) is 3. The third-order valence-electron chi connectivity index (χ3n) is 3.64. The molecular formula is C13H17Cl2NOS. The topological polar surface area (TPSA) is 29.1 Å². The van der Waals surface area contributed by atoms with E-state index in [0.29, 0.717) is 14.2 Å². The molecule has 1 N–H and O–H groups in total. The van der Waals surface area contributed by atoms with Crippen molar-refractivity contribution in [1.82, 2.24) is 5.32 Å². The Bertz CT molecular complexity index is 413. The van der Waals surface area contributed by atoms with Crippen molar-refractivity contribution in [3.8, 4) is 0 Å². The summed E-state index contributed by atoms with van der Waals surface area (Å²) in [6.07, 6.45) is 3.79. The predicted octanol–water partition coefficient (Wildman–Crippen LogP) is 4.41. The molecule has 0 saturated carbocycles. The van der Waals surface area contributed by atoms with Crippen molar-refractivity contribution in [3.63, 3.8) is 0 Å². The lowest BCUT2D eigenvalue weighted by molar-refractivity contribution is 0.0709. The Balaban J connectivity index is 2.27. The van der Waals surface area contributed by atoms with E-state index in [-0.39, 0.29) is 11.2 Å². The summed E-state index contributed by atoms with van der Waals surface area (Å²) in [5, 5.41) is 3.81. The van der Waals surface area contributed by atoms with E-state index < -0.39 is 0 Å². The van der Waals surface area contributed by atoms with E-state index in [2.05, 4.69) is 12.2 Å². The Morgan fingerprint density at radius 1 is 1.44 bits per heavy atom. The second kappa shape index (κ2) is 5.91. The second-order valence-electron chi connectivity index (χ2n) is 4.84. The molecule has 0 bridgehead atoms. The summed E-state index contributed by atoms with van der Waals surface area (Å²) < 4.78 is 0.514. The van der Waals surface area contributed by atoms with Crippen LogP contribution in [-0.4, -0.2) is 18.9 Å². The van der Waals surface area contributed by atoms with Gasteiger partial charge in [0.2, 0.25) is 0 Å². The molecule has 5 heteroatoms. The first-order chi connectivity index (χ1) is 8.59. The third-order valence-corrected chi connectivity index (χ3v) is 5.50. The van der Waals surface area contributed by atoms with Crippen LogP contribution in [0.3, 0.4) is 0 Å². The Morgan fingerprint density at radius 2 is 2.11 bits per heavy atom. The van der Waals surface area contributed by atoms with Crippen molar-refractivity contribution in [2.45, 2.75) is 32.6 Å². The van der Waals surface area contributed by atoms with Crippen molar-refractivity contribution >= 4 is 40.3 Å². The van der Waals surface area contributed by atoms with Crippen molar-refractivity contribution in [2.75, 3.05) is 13.1 Å². The smallest absolute Gasteiger partial charge is 0.179 e. The van der Waals surface area contributed by atoms with E-state index in [1.54, 1.807) is 6.07 Å². The maximum Gasteiger partial charge on any atom is 0.179 e. The van der Waals surface area contributed by atoms with Gasteiger partial charge in [-0.3, -0.25) is 4.79 Å². The number of carbonyl (C=O) groups excluding carboxylic acids is 1. The largest absolute Gasteiger partial charge is 0.317 e. The van der Waals surface area contributed by atoms with E-state index in [1.165, 1.54) is 11.3 Å². The van der Waals surface area contributed by atoms with Gasteiger partial charge in [0.15, 0.2) is 5.78 Å². The van der Waals surface area contributed by atoms with E-state index >= 15 is 0 Å². The summed E-state index contributed by atoms with van der Waals surface area (Å²) in [6.45, 7) is 3.96. The van der Waals surface area contributed by atoms with Crippen LogP contribution in [0, 0.1) is 5.41 Å². The molecule has 100 valence electrons. The van der Waals surface area contributed by atoms with Crippen LogP contribution in [0.5, 0.6) is 0 Å². The lowest BCUT2D eigenvalue weighted by Crippen LogP contribution is -2.42. The van der Waals surface area contributed by atoms with Gasteiger partial charge in [0.1, 0.15) is 4.34 Å². The predicted molar refractivity (Wildman–Crippen MR) is 78.1 cm³/mol. The lowest BCUT2D eigenvalue weighted by Gasteiger charge is -2.35. The van der Waals surface area contributed by atoms with Gasteiger partial charge in [-0.2, -0.15) is 0 Å². The zero-order valence-corrected chi connectivity index (χ0v) is 12.7. The number of ketones is 1. The van der Waals surface area contributed by atoms with Crippen molar-refractivity contribution < 1.29 is 4.79 Å². The molecular weight excluding hydrogens is 289 g/mol. The lowest BCUT2D eigenvalue weighted by atomic mass is 9.71. The Hall–Kier alpha value is -0.0900. The first-order valence-corrected chi connectivity index (χ1v) is 7.86. The molecule has 1 aromatic rings. The fourth-order valence-electron chi connectivity index (χ4n) is 2.69. The molecule has 0 aromatic carbocycles. The van der Waals surface area contributed by atoms with Gasteiger partial charge < -0.3 is 5.32 Å². The normalized spacial score (nSPS) is 18.8. The number of carbonyl (C=O) groups is 1. The van der Waals surface area contributed by atoms with Gasteiger partial charge in [-0.1, -0.05) is 36.5 Å². The minimum absolute atomic E-state index is 0.211. The third kappa shape index (κ3) is 2.74. The summed E-state index contributed by atoms with van der Waals surface area (Å²) in [4.78, 5) is 13.5. The molecule has 1 aliphatic rings. The van der Waals surface area contributed by atoms with Crippen LogP contribution in [0.15, 0.2) is 6.07 Å². The summed E-state index contributed by atoms with van der Waals surface area (Å²) in [6, 6.07) is 1.72. The average Bonchev–Trinajstić information content (AvgIpc) is 2.70. The second-order valence-corrected chi connectivity index (χ2v) is 6.90. The van der Waals surface area contributed by atoms with Crippen LogP contribution < -0.4 is 5.32 Å². The minimum Gasteiger partial charge on any atom is -0.317 e. The summed E-state index contributed by atoms with van der Waals surface area (Å²) in [5.41, 5.74) is -0.211.